The van der Waals surface area contributed by atoms with Gasteiger partial charge in [0, 0.05) is 0 Å². The number of hydrogen-bond acceptors (Lipinski definition) is 2. The number of hydrogen-bond donors (Lipinski definition) is 1. The van der Waals surface area contributed by atoms with E-state index >= 15 is 0 Å². The third kappa shape index (κ3) is 2.59. The van der Waals surface area contributed by atoms with Crippen molar-refractivity contribution in [2.45, 2.75) is 22.8 Å². The summed E-state index contributed by atoms with van der Waals surface area (Å²) in [7, 11) is 0. The molecule has 0 unspecified atom stereocenters. The molecule has 1 aliphatic rings. The Labute approximate surface area is 123 Å². The van der Waals surface area contributed by atoms with Crippen LogP contribution in [0.2, 0.25) is 0 Å². The van der Waals surface area contributed by atoms with Crippen molar-refractivity contribution < 1.29 is 4.79 Å². The van der Waals surface area contributed by atoms with Gasteiger partial charge in [-0.2, -0.15) is 0 Å². The van der Waals surface area contributed by atoms with E-state index in [-0.39, 0.29) is 15.9 Å². The van der Waals surface area contributed by atoms with Crippen LogP contribution < -0.4 is 5.73 Å². The first-order valence-corrected chi connectivity index (χ1v) is 7.67. The van der Waals surface area contributed by atoms with Gasteiger partial charge in [-0.3, -0.25) is 4.79 Å². The molecule has 1 saturated carbocycles. The summed E-state index contributed by atoms with van der Waals surface area (Å²) in [6.45, 7) is 0. The largest absolute Gasteiger partial charge is 0.368 e. The fraction of sp³-hybridized carbons (Fsp3) is 0.235. The highest BCUT2D eigenvalue weighted by molar-refractivity contribution is 8.02. The van der Waals surface area contributed by atoms with E-state index in [1.165, 1.54) is 11.1 Å². The van der Waals surface area contributed by atoms with Gasteiger partial charge in [0.05, 0.1) is 10.00 Å². The summed E-state index contributed by atoms with van der Waals surface area (Å²) in [6.07, 6.45) is 1.78. The Balaban J connectivity index is 1.95. The summed E-state index contributed by atoms with van der Waals surface area (Å²) in [6, 6.07) is 20.6. The van der Waals surface area contributed by atoms with Gasteiger partial charge in [-0.25, -0.2) is 0 Å². The quantitative estimate of drug-likeness (QED) is 0.912. The summed E-state index contributed by atoms with van der Waals surface area (Å²) in [5.41, 5.74) is 8.01. The predicted molar refractivity (Wildman–Crippen MR) is 83.5 cm³/mol. The van der Waals surface area contributed by atoms with E-state index in [0.717, 1.165) is 12.8 Å². The third-order valence-corrected chi connectivity index (χ3v) is 5.54. The van der Waals surface area contributed by atoms with Gasteiger partial charge in [-0.1, -0.05) is 60.7 Å². The van der Waals surface area contributed by atoms with E-state index in [1.54, 1.807) is 11.8 Å². The summed E-state index contributed by atoms with van der Waals surface area (Å²) < 4.78 is -0.365. The van der Waals surface area contributed by atoms with Crippen molar-refractivity contribution in [2.75, 3.05) is 0 Å². The Hall–Kier alpha value is -1.74. The first-order chi connectivity index (χ1) is 9.71. The fourth-order valence-electron chi connectivity index (χ4n) is 2.35. The second kappa shape index (κ2) is 5.33. The van der Waals surface area contributed by atoms with Crippen LogP contribution in [0.1, 0.15) is 29.2 Å². The van der Waals surface area contributed by atoms with E-state index in [9.17, 15) is 4.79 Å². The van der Waals surface area contributed by atoms with Crippen molar-refractivity contribution >= 4 is 17.7 Å². The van der Waals surface area contributed by atoms with Crippen molar-refractivity contribution in [3.63, 3.8) is 0 Å². The lowest BCUT2D eigenvalue weighted by atomic mass is 10.0. The summed E-state index contributed by atoms with van der Waals surface area (Å²) in [5.74, 6) is -0.181. The lowest BCUT2D eigenvalue weighted by Crippen LogP contribution is -2.28. The van der Waals surface area contributed by atoms with Gasteiger partial charge in [-0.15, -0.1) is 11.8 Å². The Morgan fingerprint density at radius 1 is 0.950 bits per heavy atom. The first-order valence-electron chi connectivity index (χ1n) is 6.79. The van der Waals surface area contributed by atoms with E-state index in [2.05, 4.69) is 24.3 Å². The first kappa shape index (κ1) is 13.3. The molecule has 2 nitrogen and oxygen atoms in total. The highest BCUT2D eigenvalue weighted by Gasteiger charge is 2.51. The summed E-state index contributed by atoms with van der Waals surface area (Å²) in [4.78, 5) is 11.7. The maximum atomic E-state index is 11.7. The Morgan fingerprint density at radius 3 is 1.75 bits per heavy atom. The lowest BCUT2D eigenvalue weighted by molar-refractivity contribution is -0.118. The Morgan fingerprint density at radius 2 is 1.40 bits per heavy atom. The molecule has 0 atom stereocenters. The van der Waals surface area contributed by atoms with Crippen molar-refractivity contribution in [3.05, 3.63) is 71.8 Å². The number of benzene rings is 2. The number of primary amides is 1. The van der Waals surface area contributed by atoms with Crippen LogP contribution in [0.3, 0.4) is 0 Å². The fourth-order valence-corrected chi connectivity index (χ4v) is 3.84. The van der Waals surface area contributed by atoms with Crippen LogP contribution in [-0.4, -0.2) is 10.7 Å². The molecule has 1 aliphatic carbocycles. The van der Waals surface area contributed by atoms with Gasteiger partial charge in [0.15, 0.2) is 0 Å². The van der Waals surface area contributed by atoms with E-state index < -0.39 is 0 Å². The van der Waals surface area contributed by atoms with Gasteiger partial charge in [-0.05, 0) is 24.0 Å². The van der Waals surface area contributed by atoms with Crippen molar-refractivity contribution in [1.82, 2.24) is 0 Å². The number of amides is 1. The molecule has 0 heterocycles. The smallest absolute Gasteiger partial charge is 0.233 e. The molecule has 0 saturated heterocycles. The van der Waals surface area contributed by atoms with Crippen LogP contribution in [0.4, 0.5) is 0 Å². The number of carbonyl (C=O) groups excluding carboxylic acids is 1. The van der Waals surface area contributed by atoms with Gasteiger partial charge in [0.2, 0.25) is 5.91 Å². The molecule has 0 bridgehead atoms. The summed E-state index contributed by atoms with van der Waals surface area (Å²) >= 11 is 1.70. The summed E-state index contributed by atoms with van der Waals surface area (Å²) in [5, 5.41) is 0.160. The second-order valence-electron chi connectivity index (χ2n) is 5.18. The van der Waals surface area contributed by atoms with Gasteiger partial charge >= 0.3 is 0 Å². The van der Waals surface area contributed by atoms with Gasteiger partial charge in [0.25, 0.3) is 0 Å². The second-order valence-corrected chi connectivity index (χ2v) is 6.67. The number of nitrogens with two attached hydrogens (primary N) is 1. The van der Waals surface area contributed by atoms with Crippen LogP contribution in [-0.2, 0) is 4.79 Å². The zero-order valence-electron chi connectivity index (χ0n) is 11.2. The number of rotatable bonds is 5. The van der Waals surface area contributed by atoms with E-state index in [0.29, 0.717) is 0 Å². The molecule has 1 fully saturated rings. The molecule has 2 N–H and O–H groups in total. The lowest BCUT2D eigenvalue weighted by Gasteiger charge is -2.22. The molecular formula is C17H17NOS. The molecule has 102 valence electrons. The zero-order valence-corrected chi connectivity index (χ0v) is 12.0. The minimum Gasteiger partial charge on any atom is -0.368 e. The van der Waals surface area contributed by atoms with Crippen LogP contribution in [0.15, 0.2) is 60.7 Å². The normalized spacial score (nSPS) is 16.1. The minimum absolute atomic E-state index is 0.160. The Bertz CT molecular complexity index is 553. The molecule has 0 radical (unpaired) electrons. The highest BCUT2D eigenvalue weighted by Crippen LogP contribution is 2.55. The average Bonchev–Trinajstić information content (AvgIpc) is 3.28. The minimum atomic E-state index is -0.365. The van der Waals surface area contributed by atoms with E-state index in [1.807, 2.05) is 36.4 Å². The van der Waals surface area contributed by atoms with Crippen LogP contribution in [0, 0.1) is 0 Å². The van der Waals surface area contributed by atoms with Crippen molar-refractivity contribution in [3.8, 4) is 0 Å². The maximum Gasteiger partial charge on any atom is 0.233 e. The maximum absolute atomic E-state index is 11.7. The number of thioether (sulfide) groups is 1. The topological polar surface area (TPSA) is 43.1 Å². The standard InChI is InChI=1S/C17H17NOS/c18-16(19)17(11-12-17)20-15(13-7-3-1-4-8-13)14-9-5-2-6-10-14/h1-10,15H,11-12H2,(H2,18,19). The van der Waals surface area contributed by atoms with Crippen LogP contribution in [0.25, 0.3) is 0 Å². The molecule has 3 heteroatoms. The zero-order chi connectivity index (χ0) is 14.0. The predicted octanol–water partition coefficient (Wildman–Crippen LogP) is 3.53. The SMILES string of the molecule is NC(=O)C1(SC(c2ccccc2)c2ccccc2)CC1. The van der Waals surface area contributed by atoms with E-state index in [4.69, 9.17) is 5.73 Å². The van der Waals surface area contributed by atoms with Crippen molar-refractivity contribution in [1.29, 1.82) is 0 Å². The molecule has 3 rings (SSSR count). The molecule has 0 aromatic heterocycles. The third-order valence-electron chi connectivity index (χ3n) is 3.70. The molecular weight excluding hydrogens is 266 g/mol. The molecule has 0 aliphatic heterocycles. The van der Waals surface area contributed by atoms with Crippen LogP contribution in [0.5, 0.6) is 0 Å². The Kier molecular flexibility index (Phi) is 3.53. The highest BCUT2D eigenvalue weighted by atomic mass is 32.2. The monoisotopic (exact) mass is 283 g/mol. The van der Waals surface area contributed by atoms with Gasteiger partial charge < -0.3 is 5.73 Å². The van der Waals surface area contributed by atoms with Gasteiger partial charge in [0.1, 0.15) is 0 Å². The van der Waals surface area contributed by atoms with Crippen molar-refractivity contribution in [2.24, 2.45) is 5.73 Å². The van der Waals surface area contributed by atoms with Crippen LogP contribution >= 0.6 is 11.8 Å². The molecule has 1 amide bonds. The molecule has 0 spiro atoms. The molecule has 20 heavy (non-hydrogen) atoms. The molecule has 2 aromatic rings. The number of carbonyl (C=O) groups is 1. The average molecular weight is 283 g/mol. The molecule has 2 aromatic carbocycles.